The summed E-state index contributed by atoms with van der Waals surface area (Å²) in [6.07, 6.45) is 1.75. The van der Waals surface area contributed by atoms with Crippen LogP contribution in [0.15, 0.2) is 36.4 Å². The molecule has 4 fully saturated rings. The molecule has 4 saturated heterocycles. The van der Waals surface area contributed by atoms with E-state index >= 15 is 0 Å². The standard InChI is InChI=1S/C42H55F2N7O9/c1-23-15-30-22-60-25(3)36(41(56)50-14-8-10-33(50)40(55)49-13-7-6-9-32(49)38(53)45-24(2)39(54)51(30)21-23)48-37(52)31(18-26-16-27(43)19-28(44)17-26)47-42(57)46-29-11-12-34(58-4)35(20-29)59-5/h11-12,16-17,19-20,23-25,30-33,36H,6-10,13-15,18,21-22H2,1-5H3,(H,45,53)(H,48,52)(H2,46,47,57)/t23-,24+,25?,30+,31+,32+,33+,36+/m1/s1. The van der Waals surface area contributed by atoms with Crippen LogP contribution in [0, 0.1) is 17.6 Å². The Kier molecular flexibility index (Phi) is 14.1. The first-order valence-electron chi connectivity index (χ1n) is 20.6. The second-order valence-corrected chi connectivity index (χ2v) is 16.2. The van der Waals surface area contributed by atoms with Crippen molar-refractivity contribution in [3.63, 3.8) is 0 Å². The highest BCUT2D eigenvalue weighted by molar-refractivity contribution is 5.98. The third-order valence-corrected chi connectivity index (χ3v) is 11.8. The summed E-state index contributed by atoms with van der Waals surface area (Å²) < 4.78 is 45.7. The van der Waals surface area contributed by atoms with E-state index in [1.165, 1.54) is 30.1 Å². The van der Waals surface area contributed by atoms with Crippen molar-refractivity contribution in [3.8, 4) is 11.5 Å². The SMILES string of the molecule is COc1ccc(NC(=O)N[C@@H](Cc2cc(F)cc(F)c2)C(=O)N[C@@H]2C(=O)N3CCC[C@H]3C(=O)N3CCCC[C@H]3C(=O)N[C@@H](C)C(=O)N3C[C@H](C)C[C@H]3COC2C)cc1OC. The summed E-state index contributed by atoms with van der Waals surface area (Å²) in [5.41, 5.74) is 0.324. The Hall–Kier alpha value is -5.52. The van der Waals surface area contributed by atoms with Crippen LogP contribution >= 0.6 is 0 Å². The van der Waals surface area contributed by atoms with E-state index in [9.17, 15) is 37.5 Å². The number of urea groups is 1. The molecule has 6 rings (SSSR count). The normalized spacial score (nSPS) is 27.0. The highest BCUT2D eigenvalue weighted by Crippen LogP contribution is 2.31. The number of piperidine rings is 1. The Morgan fingerprint density at radius 3 is 2.25 bits per heavy atom. The zero-order valence-electron chi connectivity index (χ0n) is 34.6. The van der Waals surface area contributed by atoms with Gasteiger partial charge in [0.2, 0.25) is 29.5 Å². The molecule has 326 valence electrons. The molecule has 18 heteroatoms. The highest BCUT2D eigenvalue weighted by Gasteiger charge is 2.46. The molecule has 2 aromatic carbocycles. The summed E-state index contributed by atoms with van der Waals surface area (Å²) in [5.74, 6) is -3.58. The zero-order valence-corrected chi connectivity index (χ0v) is 34.6. The van der Waals surface area contributed by atoms with Crippen LogP contribution in [0.25, 0.3) is 0 Å². The van der Waals surface area contributed by atoms with E-state index in [0.29, 0.717) is 69.2 Å². The summed E-state index contributed by atoms with van der Waals surface area (Å²) in [6.45, 7) is 6.12. The third kappa shape index (κ3) is 10.1. The molecule has 1 unspecified atom stereocenters. The van der Waals surface area contributed by atoms with Gasteiger partial charge in [0.1, 0.15) is 41.8 Å². The lowest BCUT2D eigenvalue weighted by Crippen LogP contribution is -2.63. The minimum Gasteiger partial charge on any atom is -0.493 e. The van der Waals surface area contributed by atoms with Gasteiger partial charge in [-0.1, -0.05) is 6.92 Å². The van der Waals surface area contributed by atoms with E-state index in [2.05, 4.69) is 21.3 Å². The van der Waals surface area contributed by atoms with Crippen LogP contribution in [-0.2, 0) is 35.1 Å². The van der Waals surface area contributed by atoms with E-state index < -0.39 is 83.6 Å². The second kappa shape index (κ2) is 19.2. The first kappa shape index (κ1) is 44.0. The molecule has 0 radical (unpaired) electrons. The topological polar surface area (TPSA) is 188 Å². The first-order valence-corrected chi connectivity index (χ1v) is 20.6. The second-order valence-electron chi connectivity index (χ2n) is 16.2. The number of methoxy groups -OCH3 is 2. The molecule has 0 aromatic heterocycles. The molecule has 7 amide bonds. The molecule has 8 atom stereocenters. The van der Waals surface area contributed by atoms with Crippen molar-refractivity contribution in [3.05, 3.63) is 53.6 Å². The number of anilines is 1. The fourth-order valence-electron chi connectivity index (χ4n) is 8.73. The first-order chi connectivity index (χ1) is 28.7. The summed E-state index contributed by atoms with van der Waals surface area (Å²) in [4.78, 5) is 89.1. The maximum atomic E-state index is 14.8. The molecule has 4 heterocycles. The quantitative estimate of drug-likeness (QED) is 0.310. The average molecular weight is 840 g/mol. The van der Waals surface area contributed by atoms with E-state index in [0.717, 1.165) is 12.1 Å². The van der Waals surface area contributed by atoms with Gasteiger partial charge in [-0.05, 0) is 88.1 Å². The molecular weight excluding hydrogens is 784 g/mol. The van der Waals surface area contributed by atoms with Crippen LogP contribution in [-0.4, -0.2) is 133 Å². The van der Waals surface area contributed by atoms with Crippen molar-refractivity contribution in [1.82, 2.24) is 30.7 Å². The highest BCUT2D eigenvalue weighted by atomic mass is 19.1. The summed E-state index contributed by atoms with van der Waals surface area (Å²) in [6, 6.07) is 0.558. The monoisotopic (exact) mass is 839 g/mol. The van der Waals surface area contributed by atoms with E-state index in [4.69, 9.17) is 14.2 Å². The number of hydrogen-bond acceptors (Lipinski definition) is 9. The number of rotatable bonds is 8. The Balaban J connectivity index is 1.31. The van der Waals surface area contributed by atoms with Gasteiger partial charge in [-0.15, -0.1) is 0 Å². The van der Waals surface area contributed by atoms with Crippen molar-refractivity contribution in [1.29, 1.82) is 0 Å². The predicted molar refractivity (Wildman–Crippen MR) is 214 cm³/mol. The number of ether oxygens (including phenoxy) is 3. The molecule has 4 aliphatic rings. The van der Waals surface area contributed by atoms with E-state index in [1.807, 2.05) is 6.92 Å². The Labute approximate surface area is 348 Å². The van der Waals surface area contributed by atoms with Crippen LogP contribution in [0.3, 0.4) is 0 Å². The molecule has 16 nitrogen and oxygen atoms in total. The number of nitrogens with zero attached hydrogens (tertiary/aromatic N) is 3. The number of fused-ring (bicyclic) bond motifs is 3. The van der Waals surface area contributed by atoms with Crippen molar-refractivity contribution < 1.29 is 51.8 Å². The van der Waals surface area contributed by atoms with Gasteiger partial charge < -0.3 is 50.2 Å². The zero-order chi connectivity index (χ0) is 43.2. The number of carbonyl (C=O) groups is 6. The van der Waals surface area contributed by atoms with Crippen molar-refractivity contribution in [2.45, 2.75) is 108 Å². The lowest BCUT2D eigenvalue weighted by molar-refractivity contribution is -0.153. The lowest BCUT2D eigenvalue weighted by atomic mass is 9.99. The number of halogens is 2. The molecular formula is C42H55F2N7O9. The van der Waals surface area contributed by atoms with Gasteiger partial charge in [0, 0.05) is 43.9 Å². The van der Waals surface area contributed by atoms with Crippen LogP contribution < -0.4 is 30.7 Å². The van der Waals surface area contributed by atoms with Gasteiger partial charge in [0.15, 0.2) is 11.5 Å². The van der Waals surface area contributed by atoms with Gasteiger partial charge in [-0.2, -0.15) is 0 Å². The summed E-state index contributed by atoms with van der Waals surface area (Å²) in [7, 11) is 2.88. The van der Waals surface area contributed by atoms with Crippen LogP contribution in [0.5, 0.6) is 11.5 Å². The van der Waals surface area contributed by atoms with Gasteiger partial charge in [-0.3, -0.25) is 24.0 Å². The number of hydrogen-bond donors (Lipinski definition) is 4. The lowest BCUT2D eigenvalue weighted by Gasteiger charge is -2.40. The molecule has 0 bridgehead atoms. The summed E-state index contributed by atoms with van der Waals surface area (Å²) >= 11 is 0. The van der Waals surface area contributed by atoms with E-state index in [-0.39, 0.29) is 42.6 Å². The smallest absolute Gasteiger partial charge is 0.319 e. The Bertz CT molecular complexity index is 1930. The van der Waals surface area contributed by atoms with Gasteiger partial charge in [0.25, 0.3) is 0 Å². The number of amides is 7. The fraction of sp³-hybridized carbons (Fsp3) is 0.571. The maximum Gasteiger partial charge on any atom is 0.319 e. The van der Waals surface area contributed by atoms with Crippen molar-refractivity contribution >= 4 is 41.3 Å². The van der Waals surface area contributed by atoms with Gasteiger partial charge in [-0.25, -0.2) is 13.6 Å². The average Bonchev–Trinajstić information content (AvgIpc) is 3.86. The van der Waals surface area contributed by atoms with E-state index in [1.54, 1.807) is 30.9 Å². The third-order valence-electron chi connectivity index (χ3n) is 11.8. The molecule has 0 saturated carbocycles. The Morgan fingerprint density at radius 2 is 1.53 bits per heavy atom. The molecule has 0 spiro atoms. The number of benzene rings is 2. The maximum absolute atomic E-state index is 14.8. The largest absolute Gasteiger partial charge is 0.493 e. The van der Waals surface area contributed by atoms with Crippen molar-refractivity contribution in [2.24, 2.45) is 5.92 Å². The van der Waals surface area contributed by atoms with Gasteiger partial charge in [0.05, 0.1) is 33.0 Å². The minimum absolute atomic E-state index is 0.00565. The molecule has 2 aromatic rings. The van der Waals surface area contributed by atoms with Crippen LogP contribution in [0.2, 0.25) is 0 Å². The molecule has 60 heavy (non-hydrogen) atoms. The number of carbonyl (C=O) groups excluding carboxylic acids is 6. The number of nitrogens with one attached hydrogen (secondary N) is 4. The molecule has 4 N–H and O–H groups in total. The Morgan fingerprint density at radius 1 is 0.850 bits per heavy atom. The van der Waals surface area contributed by atoms with Crippen molar-refractivity contribution in [2.75, 3.05) is 45.8 Å². The molecule has 4 aliphatic heterocycles. The van der Waals surface area contributed by atoms with Gasteiger partial charge >= 0.3 is 6.03 Å². The van der Waals surface area contributed by atoms with Crippen LogP contribution in [0.1, 0.15) is 64.9 Å². The fourth-order valence-corrected chi connectivity index (χ4v) is 8.73. The van der Waals surface area contributed by atoms with Crippen LogP contribution in [0.4, 0.5) is 19.3 Å². The summed E-state index contributed by atoms with van der Waals surface area (Å²) in [5, 5.41) is 10.8. The minimum atomic E-state index is -1.49. The molecule has 0 aliphatic carbocycles. The predicted octanol–water partition coefficient (Wildman–Crippen LogP) is 2.73.